The summed E-state index contributed by atoms with van der Waals surface area (Å²) >= 11 is 0. The zero-order valence-corrected chi connectivity index (χ0v) is 18.0. The standard InChI is InChI=1S/C20H29N3O8/c1-5-29-18(26)22-17(25)23(28)12-11-15(21-19(27)31-20(2,3)4)16(24)30-13-14-9-7-6-8-10-14/h6-10,15,28H,5,11-13H2,1-4H3,(H,21,27)(H,22,25,26)/t15-/m0/s1. The highest BCUT2D eigenvalue weighted by atomic mass is 16.6. The van der Waals surface area contributed by atoms with Gasteiger partial charge >= 0.3 is 24.2 Å². The number of amides is 4. The fourth-order valence-corrected chi connectivity index (χ4v) is 2.20. The van der Waals surface area contributed by atoms with E-state index in [0.717, 1.165) is 5.56 Å². The predicted molar refractivity (Wildman–Crippen MR) is 108 cm³/mol. The lowest BCUT2D eigenvalue weighted by Gasteiger charge is -2.24. The van der Waals surface area contributed by atoms with E-state index in [-0.39, 0.29) is 24.7 Å². The number of nitrogens with zero attached hydrogens (tertiary/aromatic N) is 1. The molecular weight excluding hydrogens is 410 g/mol. The number of hydrogen-bond acceptors (Lipinski definition) is 8. The molecule has 0 aliphatic carbocycles. The minimum absolute atomic E-state index is 0.0294. The van der Waals surface area contributed by atoms with Gasteiger partial charge in [0.1, 0.15) is 18.2 Å². The quantitative estimate of drug-likeness (QED) is 0.243. The van der Waals surface area contributed by atoms with Crippen LogP contribution in [0.5, 0.6) is 0 Å². The molecule has 3 N–H and O–H groups in total. The summed E-state index contributed by atoms with van der Waals surface area (Å²) in [7, 11) is 0. The van der Waals surface area contributed by atoms with Crippen LogP contribution < -0.4 is 10.6 Å². The second-order valence-corrected chi connectivity index (χ2v) is 7.35. The zero-order chi connectivity index (χ0) is 23.4. The van der Waals surface area contributed by atoms with Gasteiger partial charge in [-0.05, 0) is 39.7 Å². The van der Waals surface area contributed by atoms with E-state index in [1.807, 2.05) is 6.07 Å². The Balaban J connectivity index is 2.72. The Morgan fingerprint density at radius 3 is 2.29 bits per heavy atom. The number of hydrogen-bond donors (Lipinski definition) is 3. The molecule has 1 atom stereocenters. The minimum atomic E-state index is -1.22. The van der Waals surface area contributed by atoms with E-state index in [1.165, 1.54) is 0 Å². The summed E-state index contributed by atoms with van der Waals surface area (Å²) in [5.74, 6) is -0.783. The van der Waals surface area contributed by atoms with E-state index in [9.17, 15) is 24.4 Å². The maximum atomic E-state index is 12.5. The molecule has 31 heavy (non-hydrogen) atoms. The molecule has 0 saturated carbocycles. The fraction of sp³-hybridized carbons (Fsp3) is 0.500. The number of carbonyl (C=O) groups is 4. The first-order valence-corrected chi connectivity index (χ1v) is 9.66. The predicted octanol–water partition coefficient (Wildman–Crippen LogP) is 2.57. The van der Waals surface area contributed by atoms with Crippen LogP contribution in [0.4, 0.5) is 14.4 Å². The number of carbonyl (C=O) groups excluding carboxylic acids is 4. The van der Waals surface area contributed by atoms with Crippen molar-refractivity contribution in [1.29, 1.82) is 0 Å². The van der Waals surface area contributed by atoms with E-state index < -0.39 is 42.4 Å². The number of imide groups is 1. The van der Waals surface area contributed by atoms with Crippen LogP contribution >= 0.6 is 0 Å². The van der Waals surface area contributed by atoms with Crippen molar-refractivity contribution < 1.29 is 38.6 Å². The van der Waals surface area contributed by atoms with Crippen LogP contribution in [0.1, 0.15) is 39.7 Å². The fourth-order valence-electron chi connectivity index (χ4n) is 2.20. The average Bonchev–Trinajstić information content (AvgIpc) is 2.68. The molecule has 11 heteroatoms. The molecule has 0 bridgehead atoms. The Kier molecular flexibility index (Phi) is 10.3. The molecule has 0 aliphatic heterocycles. The van der Waals surface area contributed by atoms with Crippen molar-refractivity contribution in [1.82, 2.24) is 15.7 Å². The minimum Gasteiger partial charge on any atom is -0.459 e. The highest BCUT2D eigenvalue weighted by molar-refractivity contribution is 5.90. The summed E-state index contributed by atoms with van der Waals surface area (Å²) in [5.41, 5.74) is -0.0602. The SMILES string of the molecule is CCOC(=O)NC(=O)N(O)CC[C@H](NC(=O)OC(C)(C)C)C(=O)OCc1ccccc1. The number of rotatable bonds is 8. The van der Waals surface area contributed by atoms with Crippen molar-refractivity contribution in [3.63, 3.8) is 0 Å². The van der Waals surface area contributed by atoms with Gasteiger partial charge < -0.3 is 19.5 Å². The first-order valence-electron chi connectivity index (χ1n) is 9.66. The molecule has 0 unspecified atom stereocenters. The van der Waals surface area contributed by atoms with Crippen LogP contribution in [0, 0.1) is 0 Å². The Morgan fingerprint density at radius 2 is 1.71 bits per heavy atom. The normalized spacial score (nSPS) is 11.6. The van der Waals surface area contributed by atoms with Crippen LogP contribution in [0.15, 0.2) is 30.3 Å². The first kappa shape index (κ1) is 25.7. The summed E-state index contributed by atoms with van der Waals surface area (Å²) in [6, 6.07) is 6.54. The number of urea groups is 1. The molecule has 4 amide bonds. The molecule has 1 aromatic rings. The second kappa shape index (κ2) is 12.4. The third-order valence-corrected chi connectivity index (χ3v) is 3.55. The molecule has 1 rings (SSSR count). The van der Waals surface area contributed by atoms with Crippen molar-refractivity contribution in [2.45, 2.75) is 52.4 Å². The second-order valence-electron chi connectivity index (χ2n) is 7.35. The van der Waals surface area contributed by atoms with Crippen molar-refractivity contribution in [2.24, 2.45) is 0 Å². The molecule has 0 aromatic heterocycles. The number of hydroxylamine groups is 2. The maximum absolute atomic E-state index is 12.5. The van der Waals surface area contributed by atoms with Gasteiger partial charge in [0.25, 0.3) is 0 Å². The smallest absolute Gasteiger partial charge is 0.415 e. The third kappa shape index (κ3) is 10.8. The molecule has 172 valence electrons. The van der Waals surface area contributed by atoms with E-state index in [2.05, 4.69) is 10.1 Å². The number of benzene rings is 1. The topological polar surface area (TPSA) is 144 Å². The molecule has 11 nitrogen and oxygen atoms in total. The lowest BCUT2D eigenvalue weighted by Crippen LogP contribution is -2.47. The van der Waals surface area contributed by atoms with Crippen molar-refractivity contribution >= 4 is 24.2 Å². The molecule has 0 spiro atoms. The summed E-state index contributed by atoms with van der Waals surface area (Å²) in [4.78, 5) is 47.6. The summed E-state index contributed by atoms with van der Waals surface area (Å²) in [6.45, 7) is 6.14. The van der Waals surface area contributed by atoms with Gasteiger partial charge in [-0.3, -0.25) is 5.21 Å². The van der Waals surface area contributed by atoms with Gasteiger partial charge in [0.15, 0.2) is 0 Å². The highest BCUT2D eigenvalue weighted by Crippen LogP contribution is 2.09. The summed E-state index contributed by atoms with van der Waals surface area (Å²) in [6.07, 6.45) is -2.11. The molecule has 0 aliphatic rings. The van der Waals surface area contributed by atoms with E-state index >= 15 is 0 Å². The Morgan fingerprint density at radius 1 is 1.06 bits per heavy atom. The van der Waals surface area contributed by atoms with Gasteiger partial charge in [0, 0.05) is 0 Å². The molecule has 1 aromatic carbocycles. The number of esters is 1. The van der Waals surface area contributed by atoms with Crippen LogP contribution in [0.3, 0.4) is 0 Å². The van der Waals surface area contributed by atoms with Gasteiger partial charge in [0.05, 0.1) is 13.2 Å². The van der Waals surface area contributed by atoms with Gasteiger partial charge in [0.2, 0.25) is 0 Å². The van der Waals surface area contributed by atoms with Gasteiger partial charge in [-0.2, -0.15) is 0 Å². The van der Waals surface area contributed by atoms with Crippen molar-refractivity contribution in [3.05, 3.63) is 35.9 Å². The molecular formula is C20H29N3O8. The molecule has 0 heterocycles. The van der Waals surface area contributed by atoms with E-state index in [4.69, 9.17) is 9.47 Å². The average molecular weight is 439 g/mol. The van der Waals surface area contributed by atoms with Crippen LogP contribution in [-0.4, -0.2) is 59.3 Å². The zero-order valence-electron chi connectivity index (χ0n) is 18.0. The van der Waals surface area contributed by atoms with Gasteiger partial charge in [-0.15, -0.1) is 0 Å². The highest BCUT2D eigenvalue weighted by Gasteiger charge is 2.27. The van der Waals surface area contributed by atoms with E-state index in [1.54, 1.807) is 57.3 Å². The Bertz CT molecular complexity index is 749. The first-order chi connectivity index (χ1) is 14.5. The van der Waals surface area contributed by atoms with Gasteiger partial charge in [-0.1, -0.05) is 30.3 Å². The summed E-state index contributed by atoms with van der Waals surface area (Å²) < 4.78 is 14.9. The molecule has 0 radical (unpaired) electrons. The van der Waals surface area contributed by atoms with E-state index in [0.29, 0.717) is 0 Å². The van der Waals surface area contributed by atoms with Crippen LogP contribution in [-0.2, 0) is 25.6 Å². The number of ether oxygens (including phenoxy) is 3. The maximum Gasteiger partial charge on any atom is 0.415 e. The van der Waals surface area contributed by atoms with Gasteiger partial charge in [-0.25, -0.2) is 29.6 Å². The number of alkyl carbamates (subject to hydrolysis) is 2. The van der Waals surface area contributed by atoms with Crippen molar-refractivity contribution in [2.75, 3.05) is 13.2 Å². The lowest BCUT2D eigenvalue weighted by atomic mass is 10.2. The molecule has 0 saturated heterocycles. The van der Waals surface area contributed by atoms with Crippen LogP contribution in [0.25, 0.3) is 0 Å². The monoisotopic (exact) mass is 439 g/mol. The summed E-state index contributed by atoms with van der Waals surface area (Å²) in [5, 5.41) is 14.2. The third-order valence-electron chi connectivity index (χ3n) is 3.55. The van der Waals surface area contributed by atoms with Crippen LogP contribution in [0.2, 0.25) is 0 Å². The Hall–Kier alpha value is -3.34. The number of nitrogens with one attached hydrogen (secondary N) is 2. The van der Waals surface area contributed by atoms with Crippen molar-refractivity contribution in [3.8, 4) is 0 Å². The Labute approximate surface area is 180 Å². The largest absolute Gasteiger partial charge is 0.459 e. The molecule has 0 fully saturated rings. The lowest BCUT2D eigenvalue weighted by molar-refractivity contribution is -0.148.